The van der Waals surface area contributed by atoms with Gasteiger partial charge in [0.15, 0.2) is 0 Å². The zero-order valence-electron chi connectivity index (χ0n) is 7.61. The molecule has 1 aromatic rings. The highest BCUT2D eigenvalue weighted by Crippen LogP contribution is 2.41. The van der Waals surface area contributed by atoms with Crippen molar-refractivity contribution in [2.45, 2.75) is 12.8 Å². The number of nitrogens with two attached hydrogens (primary N) is 1. The number of aromatic nitrogens is 1. The molecule has 1 heterocycles. The van der Waals surface area contributed by atoms with E-state index in [1.807, 2.05) is 12.3 Å². The topological polar surface area (TPSA) is 38.9 Å². The highest BCUT2D eigenvalue weighted by Gasteiger charge is 2.26. The lowest BCUT2D eigenvalue weighted by atomic mass is 10.0. The maximum Gasteiger partial charge on any atom is 0.0343 e. The van der Waals surface area contributed by atoms with Crippen LogP contribution in [0, 0.1) is 5.92 Å². The van der Waals surface area contributed by atoms with Crippen LogP contribution in [0.15, 0.2) is 30.6 Å². The summed E-state index contributed by atoms with van der Waals surface area (Å²) in [5, 5.41) is 0. The molecule has 0 spiro atoms. The number of nitrogens with zero attached hydrogens (tertiary/aromatic N) is 1. The summed E-state index contributed by atoms with van der Waals surface area (Å²) >= 11 is 0. The highest BCUT2D eigenvalue weighted by atomic mass is 14.6. The molecule has 0 radical (unpaired) electrons. The van der Waals surface area contributed by atoms with Crippen LogP contribution in [0.25, 0.3) is 5.57 Å². The van der Waals surface area contributed by atoms with Crippen molar-refractivity contribution in [1.29, 1.82) is 0 Å². The van der Waals surface area contributed by atoms with E-state index in [-0.39, 0.29) is 0 Å². The average Bonchev–Trinajstić information content (AvgIpc) is 2.99. The van der Waals surface area contributed by atoms with Crippen LogP contribution in [0.4, 0.5) is 0 Å². The summed E-state index contributed by atoms with van der Waals surface area (Å²) in [7, 11) is 0. The molecule has 13 heavy (non-hydrogen) atoms. The third-order valence-electron chi connectivity index (χ3n) is 2.35. The Kier molecular flexibility index (Phi) is 2.41. The fourth-order valence-electron chi connectivity index (χ4n) is 1.58. The molecule has 0 amide bonds. The van der Waals surface area contributed by atoms with Gasteiger partial charge < -0.3 is 5.73 Å². The number of allylic oxidation sites excluding steroid dienone is 1. The molecule has 1 fully saturated rings. The Hall–Kier alpha value is -1.15. The van der Waals surface area contributed by atoms with Gasteiger partial charge in [-0.25, -0.2) is 0 Å². The van der Waals surface area contributed by atoms with Crippen molar-refractivity contribution < 1.29 is 0 Å². The molecule has 2 rings (SSSR count). The summed E-state index contributed by atoms with van der Waals surface area (Å²) in [4.78, 5) is 4.12. The Labute approximate surface area is 78.5 Å². The molecule has 0 aliphatic heterocycles. The van der Waals surface area contributed by atoms with E-state index < -0.39 is 0 Å². The molecule has 2 N–H and O–H groups in total. The van der Waals surface area contributed by atoms with E-state index in [1.165, 1.54) is 24.0 Å². The summed E-state index contributed by atoms with van der Waals surface area (Å²) in [5.74, 6) is 0.743. The number of pyridine rings is 1. The minimum Gasteiger partial charge on any atom is -0.327 e. The van der Waals surface area contributed by atoms with Crippen LogP contribution < -0.4 is 5.73 Å². The Morgan fingerprint density at radius 2 is 2.46 bits per heavy atom. The van der Waals surface area contributed by atoms with E-state index in [4.69, 9.17) is 5.73 Å². The van der Waals surface area contributed by atoms with Gasteiger partial charge >= 0.3 is 0 Å². The van der Waals surface area contributed by atoms with E-state index in [0.29, 0.717) is 6.54 Å². The molecule has 1 aromatic heterocycles. The molecule has 0 bridgehead atoms. The second kappa shape index (κ2) is 3.71. The van der Waals surface area contributed by atoms with E-state index in [9.17, 15) is 0 Å². The second-order valence-electron chi connectivity index (χ2n) is 3.41. The van der Waals surface area contributed by atoms with Crippen molar-refractivity contribution in [3.8, 4) is 0 Å². The molecule has 1 aliphatic carbocycles. The molecule has 0 unspecified atom stereocenters. The first kappa shape index (κ1) is 8.45. The molecule has 68 valence electrons. The first-order valence-electron chi connectivity index (χ1n) is 4.72. The smallest absolute Gasteiger partial charge is 0.0343 e. The van der Waals surface area contributed by atoms with Gasteiger partial charge in [-0.15, -0.1) is 0 Å². The molecule has 2 nitrogen and oxygen atoms in total. The van der Waals surface area contributed by atoms with Gasteiger partial charge in [0.05, 0.1) is 0 Å². The molecular formula is C11H14N2. The van der Waals surface area contributed by atoms with Gasteiger partial charge in [0.2, 0.25) is 0 Å². The fourth-order valence-corrected chi connectivity index (χ4v) is 1.58. The summed E-state index contributed by atoms with van der Waals surface area (Å²) < 4.78 is 0. The average molecular weight is 174 g/mol. The van der Waals surface area contributed by atoms with Crippen molar-refractivity contribution >= 4 is 5.57 Å². The maximum atomic E-state index is 5.54. The number of hydrogen-bond donors (Lipinski definition) is 1. The molecule has 0 saturated heterocycles. The van der Waals surface area contributed by atoms with Gasteiger partial charge in [-0.1, -0.05) is 12.1 Å². The van der Waals surface area contributed by atoms with Gasteiger partial charge in [0, 0.05) is 18.9 Å². The monoisotopic (exact) mass is 174 g/mol. The molecule has 1 saturated carbocycles. The van der Waals surface area contributed by atoms with Gasteiger partial charge in [-0.3, -0.25) is 4.98 Å². The Morgan fingerprint density at radius 1 is 1.62 bits per heavy atom. The van der Waals surface area contributed by atoms with Gasteiger partial charge in [-0.2, -0.15) is 0 Å². The normalized spacial score (nSPS) is 17.5. The predicted molar refractivity (Wildman–Crippen MR) is 54.0 cm³/mol. The fraction of sp³-hybridized carbons (Fsp3) is 0.364. The van der Waals surface area contributed by atoms with Crippen LogP contribution >= 0.6 is 0 Å². The predicted octanol–water partition coefficient (Wildman–Crippen LogP) is 1.83. The lowest BCUT2D eigenvalue weighted by Gasteiger charge is -2.04. The zero-order valence-corrected chi connectivity index (χ0v) is 7.61. The molecule has 0 aromatic carbocycles. The molecular weight excluding hydrogens is 160 g/mol. The Bertz CT molecular complexity index is 299. The van der Waals surface area contributed by atoms with E-state index >= 15 is 0 Å². The van der Waals surface area contributed by atoms with E-state index in [2.05, 4.69) is 17.1 Å². The minimum atomic E-state index is 0.626. The van der Waals surface area contributed by atoms with Gasteiger partial charge in [0.25, 0.3) is 0 Å². The van der Waals surface area contributed by atoms with Crippen molar-refractivity contribution in [3.63, 3.8) is 0 Å². The second-order valence-corrected chi connectivity index (χ2v) is 3.41. The van der Waals surface area contributed by atoms with Crippen molar-refractivity contribution in [2.75, 3.05) is 6.54 Å². The van der Waals surface area contributed by atoms with Crippen LogP contribution in [0.2, 0.25) is 0 Å². The van der Waals surface area contributed by atoms with Crippen LogP contribution in [0.5, 0.6) is 0 Å². The summed E-state index contributed by atoms with van der Waals surface area (Å²) in [5.41, 5.74) is 8.15. The van der Waals surface area contributed by atoms with Crippen LogP contribution in [0.1, 0.15) is 18.4 Å². The number of hydrogen-bond acceptors (Lipinski definition) is 2. The van der Waals surface area contributed by atoms with Crippen LogP contribution in [-0.4, -0.2) is 11.5 Å². The standard InChI is InChI=1S/C11H14N2/c12-6-5-11(9-3-4-9)10-2-1-7-13-8-10/h1-2,5,7-9H,3-4,6,12H2/b11-5-. The summed E-state index contributed by atoms with van der Waals surface area (Å²) in [6, 6.07) is 4.08. The minimum absolute atomic E-state index is 0.626. The first-order valence-corrected chi connectivity index (χ1v) is 4.72. The Balaban J connectivity index is 2.25. The highest BCUT2D eigenvalue weighted by molar-refractivity contribution is 5.68. The SMILES string of the molecule is NC/C=C(\c1cccnc1)C1CC1. The molecule has 2 heteroatoms. The van der Waals surface area contributed by atoms with Crippen LogP contribution in [-0.2, 0) is 0 Å². The zero-order chi connectivity index (χ0) is 9.10. The van der Waals surface area contributed by atoms with Crippen LogP contribution in [0.3, 0.4) is 0 Å². The van der Waals surface area contributed by atoms with Gasteiger partial charge in [-0.05, 0) is 36.0 Å². The van der Waals surface area contributed by atoms with E-state index in [1.54, 1.807) is 6.20 Å². The Morgan fingerprint density at radius 3 is 3.00 bits per heavy atom. The molecule has 1 aliphatic rings. The first-order chi connectivity index (χ1) is 6.42. The number of rotatable bonds is 3. The summed E-state index contributed by atoms with van der Waals surface area (Å²) in [6.45, 7) is 0.626. The van der Waals surface area contributed by atoms with Gasteiger partial charge in [0.1, 0.15) is 0 Å². The van der Waals surface area contributed by atoms with Crippen molar-refractivity contribution in [1.82, 2.24) is 4.98 Å². The third kappa shape index (κ3) is 1.95. The van der Waals surface area contributed by atoms with Crippen molar-refractivity contribution in [3.05, 3.63) is 36.2 Å². The molecule has 0 atom stereocenters. The lowest BCUT2D eigenvalue weighted by molar-refractivity contribution is 1.11. The van der Waals surface area contributed by atoms with Crippen molar-refractivity contribution in [2.24, 2.45) is 11.7 Å². The van der Waals surface area contributed by atoms with E-state index in [0.717, 1.165) is 5.92 Å². The summed E-state index contributed by atoms with van der Waals surface area (Å²) in [6.07, 6.45) is 8.45. The third-order valence-corrected chi connectivity index (χ3v) is 2.35. The maximum absolute atomic E-state index is 5.54. The quantitative estimate of drug-likeness (QED) is 0.759. The largest absolute Gasteiger partial charge is 0.327 e. The lowest BCUT2D eigenvalue weighted by Crippen LogP contribution is -1.97.